The summed E-state index contributed by atoms with van der Waals surface area (Å²) in [5.41, 5.74) is 1.98. The van der Waals surface area contributed by atoms with E-state index in [1.165, 1.54) is 4.88 Å². The van der Waals surface area contributed by atoms with E-state index in [2.05, 4.69) is 35.6 Å². The fraction of sp³-hybridized carbons (Fsp3) is 0.438. The Balaban J connectivity index is 2.20. The van der Waals surface area contributed by atoms with Crippen molar-refractivity contribution in [2.75, 3.05) is 0 Å². The second-order valence-electron chi connectivity index (χ2n) is 5.47. The quantitative estimate of drug-likeness (QED) is 0.767. The molecular formula is C16H22N2O2S. The number of rotatable bonds is 6. The minimum Gasteiger partial charge on any atom is -0.506 e. The highest BCUT2D eigenvalue weighted by molar-refractivity contribution is 7.10. The number of aryl methyl sites for hydroxylation is 1. The van der Waals surface area contributed by atoms with Crippen LogP contribution < -0.4 is 5.32 Å². The van der Waals surface area contributed by atoms with Gasteiger partial charge in [0.15, 0.2) is 0 Å². The first-order chi connectivity index (χ1) is 10.0. The number of pyridine rings is 1. The van der Waals surface area contributed by atoms with Gasteiger partial charge in [-0.15, -0.1) is 11.3 Å². The molecule has 1 unspecified atom stereocenters. The van der Waals surface area contributed by atoms with Gasteiger partial charge in [-0.1, -0.05) is 19.9 Å². The van der Waals surface area contributed by atoms with Gasteiger partial charge in [0.25, 0.3) is 0 Å². The standard InChI is InChI=1S/C16H22N2O2S/c1-10(2)15(14-5-4-6-21-14)18-8-13-12(9-19)7-17-11(3)16(13)20/h4-7,10,15,18-20H,8-9H2,1-3H3. The summed E-state index contributed by atoms with van der Waals surface area (Å²) in [6.07, 6.45) is 1.63. The smallest absolute Gasteiger partial charge is 0.141 e. The van der Waals surface area contributed by atoms with E-state index in [-0.39, 0.29) is 18.4 Å². The third kappa shape index (κ3) is 3.61. The molecule has 0 aliphatic carbocycles. The summed E-state index contributed by atoms with van der Waals surface area (Å²) in [4.78, 5) is 5.37. The number of thiophene rings is 1. The number of hydrogen-bond acceptors (Lipinski definition) is 5. The van der Waals surface area contributed by atoms with E-state index in [0.717, 1.165) is 5.56 Å². The molecule has 0 aliphatic rings. The lowest BCUT2D eigenvalue weighted by Gasteiger charge is -2.22. The number of nitrogens with one attached hydrogen (secondary N) is 1. The molecule has 0 amide bonds. The maximum atomic E-state index is 10.2. The molecule has 21 heavy (non-hydrogen) atoms. The first kappa shape index (κ1) is 15.9. The van der Waals surface area contributed by atoms with Gasteiger partial charge in [0.05, 0.1) is 12.3 Å². The van der Waals surface area contributed by atoms with E-state index in [1.807, 2.05) is 6.07 Å². The Morgan fingerprint density at radius 2 is 2.14 bits per heavy atom. The number of aliphatic hydroxyl groups is 1. The lowest BCUT2D eigenvalue weighted by Crippen LogP contribution is -2.25. The summed E-state index contributed by atoms with van der Waals surface area (Å²) < 4.78 is 0. The minimum absolute atomic E-state index is 0.122. The van der Waals surface area contributed by atoms with Crippen molar-refractivity contribution in [1.29, 1.82) is 0 Å². The molecule has 2 aromatic rings. The van der Waals surface area contributed by atoms with Crippen molar-refractivity contribution >= 4 is 11.3 Å². The lowest BCUT2D eigenvalue weighted by molar-refractivity contribution is 0.278. The van der Waals surface area contributed by atoms with E-state index < -0.39 is 0 Å². The third-order valence-electron chi connectivity index (χ3n) is 3.62. The lowest BCUT2D eigenvalue weighted by atomic mass is 10.0. The van der Waals surface area contributed by atoms with Crippen molar-refractivity contribution in [3.63, 3.8) is 0 Å². The van der Waals surface area contributed by atoms with E-state index in [1.54, 1.807) is 24.5 Å². The van der Waals surface area contributed by atoms with Gasteiger partial charge < -0.3 is 15.5 Å². The molecule has 2 rings (SSSR count). The van der Waals surface area contributed by atoms with Crippen LogP contribution in [-0.4, -0.2) is 15.2 Å². The van der Waals surface area contributed by atoms with Crippen LogP contribution in [0.25, 0.3) is 0 Å². The van der Waals surface area contributed by atoms with Gasteiger partial charge in [0, 0.05) is 34.8 Å². The Bertz CT molecular complexity index is 582. The molecule has 2 heterocycles. The molecule has 114 valence electrons. The minimum atomic E-state index is -0.122. The van der Waals surface area contributed by atoms with Crippen LogP contribution in [0, 0.1) is 12.8 Å². The summed E-state index contributed by atoms with van der Waals surface area (Å²) >= 11 is 1.73. The molecule has 0 saturated heterocycles. The molecule has 0 aliphatic heterocycles. The van der Waals surface area contributed by atoms with Gasteiger partial charge in [0.1, 0.15) is 5.75 Å². The van der Waals surface area contributed by atoms with Crippen LogP contribution in [0.3, 0.4) is 0 Å². The second-order valence-corrected chi connectivity index (χ2v) is 6.45. The van der Waals surface area contributed by atoms with Crippen molar-refractivity contribution in [2.45, 2.75) is 40.0 Å². The summed E-state index contributed by atoms with van der Waals surface area (Å²) in [5.74, 6) is 0.606. The van der Waals surface area contributed by atoms with Gasteiger partial charge >= 0.3 is 0 Å². The normalized spacial score (nSPS) is 12.8. The van der Waals surface area contributed by atoms with Gasteiger partial charge in [-0.3, -0.25) is 4.98 Å². The zero-order valence-corrected chi connectivity index (χ0v) is 13.4. The van der Waals surface area contributed by atoms with Crippen LogP contribution in [0.1, 0.15) is 41.6 Å². The van der Waals surface area contributed by atoms with Crippen molar-refractivity contribution in [1.82, 2.24) is 10.3 Å². The molecule has 5 heteroatoms. The molecule has 4 nitrogen and oxygen atoms in total. The van der Waals surface area contributed by atoms with Crippen molar-refractivity contribution < 1.29 is 10.2 Å². The zero-order chi connectivity index (χ0) is 15.4. The second kappa shape index (κ2) is 7.02. The Morgan fingerprint density at radius 3 is 2.71 bits per heavy atom. The van der Waals surface area contributed by atoms with Crippen molar-refractivity contribution in [3.05, 3.63) is 45.4 Å². The molecular weight excluding hydrogens is 284 g/mol. The molecule has 0 bridgehead atoms. The van der Waals surface area contributed by atoms with Crippen molar-refractivity contribution in [3.8, 4) is 5.75 Å². The van der Waals surface area contributed by atoms with E-state index >= 15 is 0 Å². The SMILES string of the molecule is Cc1ncc(CO)c(CNC(c2cccs2)C(C)C)c1O. The number of aromatic nitrogens is 1. The number of aromatic hydroxyl groups is 1. The summed E-state index contributed by atoms with van der Waals surface area (Å²) in [5, 5.41) is 25.2. The molecule has 0 aromatic carbocycles. The fourth-order valence-electron chi connectivity index (χ4n) is 2.36. The van der Waals surface area contributed by atoms with E-state index in [4.69, 9.17) is 0 Å². The predicted octanol–water partition coefficient (Wildman–Crippen LogP) is 3.14. The summed E-state index contributed by atoms with van der Waals surface area (Å²) in [6.45, 7) is 6.48. The van der Waals surface area contributed by atoms with Crippen LogP contribution in [0.2, 0.25) is 0 Å². The van der Waals surface area contributed by atoms with Gasteiger partial charge in [-0.05, 0) is 24.3 Å². The van der Waals surface area contributed by atoms with Crippen LogP contribution in [0.15, 0.2) is 23.7 Å². The Hall–Kier alpha value is -1.43. The number of hydrogen-bond donors (Lipinski definition) is 3. The number of aliphatic hydroxyl groups excluding tert-OH is 1. The predicted molar refractivity (Wildman–Crippen MR) is 85.3 cm³/mol. The molecule has 3 N–H and O–H groups in total. The summed E-state index contributed by atoms with van der Waals surface area (Å²) in [7, 11) is 0. The Labute approximate surface area is 129 Å². The van der Waals surface area contributed by atoms with Gasteiger partial charge in [-0.25, -0.2) is 0 Å². The topological polar surface area (TPSA) is 65.4 Å². The largest absolute Gasteiger partial charge is 0.506 e. The molecule has 0 fully saturated rings. The van der Waals surface area contributed by atoms with E-state index in [0.29, 0.717) is 23.7 Å². The van der Waals surface area contributed by atoms with Gasteiger partial charge in [-0.2, -0.15) is 0 Å². The molecule has 0 radical (unpaired) electrons. The first-order valence-corrected chi connectivity index (χ1v) is 7.96. The van der Waals surface area contributed by atoms with E-state index in [9.17, 15) is 10.2 Å². The molecule has 1 atom stereocenters. The Morgan fingerprint density at radius 1 is 1.38 bits per heavy atom. The molecule has 0 spiro atoms. The van der Waals surface area contributed by atoms with Crippen molar-refractivity contribution in [2.24, 2.45) is 5.92 Å². The Kier molecular flexibility index (Phi) is 5.33. The highest BCUT2D eigenvalue weighted by atomic mass is 32.1. The fourth-order valence-corrected chi connectivity index (χ4v) is 3.34. The molecule has 2 aromatic heterocycles. The number of nitrogens with zero attached hydrogens (tertiary/aromatic N) is 1. The summed E-state index contributed by atoms with van der Waals surface area (Å²) in [6, 6.07) is 4.39. The maximum Gasteiger partial charge on any atom is 0.141 e. The molecule has 0 saturated carbocycles. The monoisotopic (exact) mass is 306 g/mol. The van der Waals surface area contributed by atoms with Gasteiger partial charge in [0.2, 0.25) is 0 Å². The zero-order valence-electron chi connectivity index (χ0n) is 12.6. The van der Waals surface area contributed by atoms with Crippen LogP contribution >= 0.6 is 11.3 Å². The highest BCUT2D eigenvalue weighted by Crippen LogP contribution is 2.28. The third-order valence-corrected chi connectivity index (χ3v) is 4.57. The average molecular weight is 306 g/mol. The van der Waals surface area contributed by atoms with Crippen LogP contribution in [0.4, 0.5) is 0 Å². The van der Waals surface area contributed by atoms with Crippen LogP contribution in [-0.2, 0) is 13.2 Å². The highest BCUT2D eigenvalue weighted by Gasteiger charge is 2.18. The maximum absolute atomic E-state index is 10.2. The van der Waals surface area contributed by atoms with Crippen LogP contribution in [0.5, 0.6) is 5.75 Å². The first-order valence-electron chi connectivity index (χ1n) is 7.08. The average Bonchev–Trinajstić information content (AvgIpc) is 2.97.